The molecule has 2 unspecified atom stereocenters. The number of fused-ring (bicyclic) bond motifs is 5. The number of nitrogens with zero attached hydrogens (tertiary/aromatic N) is 4. The summed E-state index contributed by atoms with van der Waals surface area (Å²) < 4.78 is 52.3. The van der Waals surface area contributed by atoms with E-state index in [0.29, 0.717) is 35.8 Å². The van der Waals surface area contributed by atoms with Crippen molar-refractivity contribution in [3.8, 4) is 35.2 Å². The molecule has 8 rings (SSSR count). The largest absolute Gasteiger partial charge is 0.508 e. The second kappa shape index (κ2) is 10.2. The Balaban J connectivity index is 1.28. The molecule has 4 aliphatic rings. The topological polar surface area (TPSA) is 73.8 Å². The predicted molar refractivity (Wildman–Crippen MR) is 163 cm³/mol. The highest BCUT2D eigenvalue weighted by molar-refractivity contribution is 6.03. The molecule has 0 spiro atoms. The van der Waals surface area contributed by atoms with Gasteiger partial charge in [0.25, 0.3) is 0 Å². The van der Waals surface area contributed by atoms with Crippen LogP contribution >= 0.6 is 0 Å². The van der Waals surface area contributed by atoms with Gasteiger partial charge >= 0.3 is 0 Å². The molecule has 226 valence electrons. The van der Waals surface area contributed by atoms with Crippen LogP contribution in [0.2, 0.25) is 0 Å². The molecule has 10 heteroatoms. The number of hydrogen-bond donors (Lipinski definition) is 2. The second-order valence-electron chi connectivity index (χ2n) is 12.7. The molecule has 0 radical (unpaired) electrons. The van der Waals surface area contributed by atoms with Crippen LogP contribution in [0, 0.1) is 24.0 Å². The molecule has 2 bridgehead atoms. The minimum atomic E-state index is -0.892. The van der Waals surface area contributed by atoms with Crippen LogP contribution in [0.25, 0.3) is 32.9 Å². The van der Waals surface area contributed by atoms with Crippen molar-refractivity contribution < 1.29 is 23.0 Å². The molecule has 4 fully saturated rings. The summed E-state index contributed by atoms with van der Waals surface area (Å²) in [5, 5.41) is 15.4. The van der Waals surface area contributed by atoms with Gasteiger partial charge in [-0.2, -0.15) is 0 Å². The lowest BCUT2D eigenvalue weighted by atomic mass is 9.95. The average Bonchev–Trinajstić information content (AvgIpc) is 3.66. The number of ether oxygens (including phenoxy) is 1. The monoisotopic (exact) mass is 599 g/mol. The number of benzene rings is 2. The van der Waals surface area contributed by atoms with Crippen LogP contribution in [-0.4, -0.2) is 76.6 Å². The van der Waals surface area contributed by atoms with Crippen molar-refractivity contribution in [1.29, 1.82) is 0 Å². The van der Waals surface area contributed by atoms with Gasteiger partial charge in [0.05, 0.1) is 16.8 Å². The Hall–Kier alpha value is -4.07. The number of phenols is 1. The van der Waals surface area contributed by atoms with Gasteiger partial charge in [-0.25, -0.2) is 18.2 Å². The number of piperazine rings is 1. The number of hydrogen-bond acceptors (Lipinski definition) is 7. The Labute approximate surface area is 253 Å². The fraction of sp³-hybridized carbons (Fsp3) is 0.412. The molecule has 2 N–H and O–H groups in total. The number of phenolic OH excluding ortho intramolecular Hbond substituents is 1. The standard InChI is InChI=1S/C34H32F3N5O2/c1-2-24-27(36)7-4-19-10-23(43)11-25(30(19)24)32-31(37)33-26(14-38-32)28(41-16-21-5-6-22(17-41)39-21)12-29(40-33)44-18-34-8-3-9-42(34)15-20(35)13-34/h1,4,7,10-12,14,20-22,39,43H,3,5-6,8-9,13,15-18H2/t20-,21?,22?,34+/m1/s1. The van der Waals surface area contributed by atoms with E-state index < -0.39 is 17.8 Å². The lowest BCUT2D eigenvalue weighted by molar-refractivity contribution is 0.111. The number of anilines is 1. The molecule has 6 heterocycles. The number of terminal acetylenes is 1. The van der Waals surface area contributed by atoms with E-state index in [1.165, 1.54) is 24.3 Å². The van der Waals surface area contributed by atoms with Gasteiger partial charge in [-0.05, 0) is 55.8 Å². The molecular formula is C34H32F3N5O2. The molecular weight excluding hydrogens is 567 g/mol. The van der Waals surface area contributed by atoms with Gasteiger partial charge < -0.3 is 20.1 Å². The molecule has 0 amide bonds. The fourth-order valence-corrected chi connectivity index (χ4v) is 8.04. The SMILES string of the molecule is C#Cc1c(F)ccc2cc(O)cc(-c3ncc4c(N5CC6CCC(C5)N6)cc(OC[C@@]56CCCN5C[C@H](F)C6)nc4c3F)c12. The van der Waals surface area contributed by atoms with E-state index in [1.54, 1.807) is 6.20 Å². The van der Waals surface area contributed by atoms with Crippen molar-refractivity contribution in [3.05, 3.63) is 53.7 Å². The van der Waals surface area contributed by atoms with Crippen molar-refractivity contribution in [2.75, 3.05) is 37.7 Å². The summed E-state index contributed by atoms with van der Waals surface area (Å²) in [5.74, 6) is 1.16. The van der Waals surface area contributed by atoms with E-state index in [4.69, 9.17) is 11.2 Å². The van der Waals surface area contributed by atoms with E-state index in [-0.39, 0.29) is 51.5 Å². The number of pyridine rings is 2. The Morgan fingerprint density at radius 2 is 1.95 bits per heavy atom. The number of aromatic nitrogens is 2. The first-order chi connectivity index (χ1) is 21.3. The van der Waals surface area contributed by atoms with Crippen molar-refractivity contribution in [1.82, 2.24) is 20.2 Å². The molecule has 2 aromatic heterocycles. The van der Waals surface area contributed by atoms with Gasteiger partial charge in [0, 0.05) is 66.7 Å². The van der Waals surface area contributed by atoms with Crippen molar-refractivity contribution in [3.63, 3.8) is 0 Å². The average molecular weight is 600 g/mol. The van der Waals surface area contributed by atoms with Crippen LogP contribution in [0.3, 0.4) is 0 Å². The van der Waals surface area contributed by atoms with Crippen LogP contribution < -0.4 is 15.0 Å². The first-order valence-electron chi connectivity index (χ1n) is 15.3. The Morgan fingerprint density at radius 3 is 2.75 bits per heavy atom. The molecule has 4 saturated heterocycles. The Morgan fingerprint density at radius 1 is 1.14 bits per heavy atom. The zero-order chi connectivity index (χ0) is 30.2. The van der Waals surface area contributed by atoms with E-state index in [9.17, 15) is 13.9 Å². The van der Waals surface area contributed by atoms with Gasteiger partial charge in [0.2, 0.25) is 5.88 Å². The molecule has 2 aromatic carbocycles. The van der Waals surface area contributed by atoms with Gasteiger partial charge in [0.1, 0.15) is 35.6 Å². The minimum absolute atomic E-state index is 0.0380. The zero-order valence-electron chi connectivity index (χ0n) is 24.1. The molecule has 44 heavy (non-hydrogen) atoms. The van der Waals surface area contributed by atoms with Crippen LogP contribution in [0.5, 0.6) is 11.6 Å². The minimum Gasteiger partial charge on any atom is -0.508 e. The molecule has 4 atom stereocenters. The smallest absolute Gasteiger partial charge is 0.216 e. The van der Waals surface area contributed by atoms with Gasteiger partial charge in [0.15, 0.2) is 5.82 Å². The molecule has 4 aromatic rings. The van der Waals surface area contributed by atoms with Crippen LogP contribution in [0.15, 0.2) is 36.5 Å². The van der Waals surface area contributed by atoms with Crippen molar-refractivity contribution >= 4 is 27.4 Å². The quantitative estimate of drug-likeness (QED) is 0.301. The molecule has 7 nitrogen and oxygen atoms in total. The third kappa shape index (κ3) is 4.36. The maximum absolute atomic E-state index is 16.8. The Bertz CT molecular complexity index is 1850. The first-order valence-corrected chi connectivity index (χ1v) is 15.3. The number of halogens is 3. The number of rotatable bonds is 5. The Kier molecular flexibility index (Phi) is 6.40. The normalized spacial score (nSPS) is 26.4. The van der Waals surface area contributed by atoms with Gasteiger partial charge in [-0.1, -0.05) is 12.0 Å². The van der Waals surface area contributed by atoms with Gasteiger partial charge in [-0.3, -0.25) is 9.88 Å². The number of nitrogens with one attached hydrogen (secondary N) is 1. The second-order valence-corrected chi connectivity index (χ2v) is 12.7. The van der Waals surface area contributed by atoms with Crippen LogP contribution in [-0.2, 0) is 0 Å². The number of alkyl halides is 1. The highest BCUT2D eigenvalue weighted by Crippen LogP contribution is 2.42. The summed E-state index contributed by atoms with van der Waals surface area (Å²) in [7, 11) is 0. The maximum atomic E-state index is 16.8. The fourth-order valence-electron chi connectivity index (χ4n) is 8.04. The highest BCUT2D eigenvalue weighted by Gasteiger charge is 2.49. The lowest BCUT2D eigenvalue weighted by Gasteiger charge is -2.35. The zero-order valence-corrected chi connectivity index (χ0v) is 24.1. The first kappa shape index (κ1) is 27.5. The predicted octanol–water partition coefficient (Wildman–Crippen LogP) is 5.31. The van der Waals surface area contributed by atoms with Crippen molar-refractivity contribution in [2.45, 2.75) is 55.9 Å². The summed E-state index contributed by atoms with van der Waals surface area (Å²) in [4.78, 5) is 13.6. The van der Waals surface area contributed by atoms with Crippen molar-refractivity contribution in [2.24, 2.45) is 0 Å². The molecule has 0 saturated carbocycles. The van der Waals surface area contributed by atoms with Crippen LogP contribution in [0.4, 0.5) is 18.9 Å². The number of aromatic hydroxyl groups is 1. The van der Waals surface area contributed by atoms with E-state index >= 15 is 4.39 Å². The van der Waals surface area contributed by atoms with E-state index in [1.807, 2.05) is 6.07 Å². The summed E-state index contributed by atoms with van der Waals surface area (Å²) >= 11 is 0. The van der Waals surface area contributed by atoms with E-state index in [2.05, 4.69) is 31.0 Å². The molecule has 0 aliphatic carbocycles. The summed E-state index contributed by atoms with van der Waals surface area (Å²) in [6.07, 6.45) is 10.8. The summed E-state index contributed by atoms with van der Waals surface area (Å²) in [6.45, 7) is 3.01. The summed E-state index contributed by atoms with van der Waals surface area (Å²) in [5.41, 5.74) is 0.467. The van der Waals surface area contributed by atoms with E-state index in [0.717, 1.165) is 51.0 Å². The van der Waals surface area contributed by atoms with Crippen LogP contribution in [0.1, 0.15) is 37.7 Å². The lowest BCUT2D eigenvalue weighted by Crippen LogP contribution is -2.51. The maximum Gasteiger partial charge on any atom is 0.216 e. The highest BCUT2D eigenvalue weighted by atomic mass is 19.1. The summed E-state index contributed by atoms with van der Waals surface area (Å²) in [6, 6.07) is 8.03. The third-order valence-corrected chi connectivity index (χ3v) is 10.0. The molecule has 4 aliphatic heterocycles. The third-order valence-electron chi connectivity index (χ3n) is 10.0. The van der Waals surface area contributed by atoms with Gasteiger partial charge in [-0.15, -0.1) is 6.42 Å².